The molecular formula is C29H36N4O. The van der Waals surface area contributed by atoms with Gasteiger partial charge in [-0.2, -0.15) is 0 Å². The first-order valence-corrected chi connectivity index (χ1v) is 12.7. The first-order chi connectivity index (χ1) is 16.5. The van der Waals surface area contributed by atoms with Crippen molar-refractivity contribution in [3.63, 3.8) is 0 Å². The van der Waals surface area contributed by atoms with E-state index < -0.39 is 0 Å². The van der Waals surface area contributed by atoms with E-state index in [1.54, 1.807) is 0 Å². The summed E-state index contributed by atoms with van der Waals surface area (Å²) >= 11 is 0. The third-order valence-corrected chi connectivity index (χ3v) is 7.79. The minimum Gasteiger partial charge on any atom is -0.338 e. The van der Waals surface area contributed by atoms with E-state index in [-0.39, 0.29) is 0 Å². The lowest BCUT2D eigenvalue weighted by atomic mass is 9.91. The smallest absolute Gasteiger partial charge is 0.223 e. The van der Waals surface area contributed by atoms with Crippen LogP contribution in [0.1, 0.15) is 53.6 Å². The van der Waals surface area contributed by atoms with Crippen LogP contribution in [0.4, 0.5) is 0 Å². The van der Waals surface area contributed by atoms with Crippen LogP contribution in [0, 0.1) is 26.7 Å². The van der Waals surface area contributed by atoms with E-state index in [0.29, 0.717) is 24.8 Å². The summed E-state index contributed by atoms with van der Waals surface area (Å²) < 4.78 is 0. The second-order valence-corrected chi connectivity index (χ2v) is 10.3. The van der Waals surface area contributed by atoms with Gasteiger partial charge in [0.25, 0.3) is 0 Å². The summed E-state index contributed by atoms with van der Waals surface area (Å²) in [6, 6.07) is 10.7. The molecule has 0 bridgehead atoms. The maximum Gasteiger partial charge on any atom is 0.223 e. The zero-order valence-electron chi connectivity index (χ0n) is 20.8. The van der Waals surface area contributed by atoms with E-state index in [0.717, 1.165) is 62.5 Å². The third-order valence-electron chi connectivity index (χ3n) is 7.79. The maximum atomic E-state index is 13.4. The minimum absolute atomic E-state index is 0.308. The highest BCUT2D eigenvalue weighted by Crippen LogP contribution is 2.29. The lowest BCUT2D eigenvalue weighted by molar-refractivity contribution is -0.132. The number of aromatic nitrogens is 1. The number of piperidine rings is 1. The second-order valence-electron chi connectivity index (χ2n) is 10.3. The number of amides is 1. The molecule has 178 valence electrons. The number of nitrogens with zero attached hydrogens (tertiary/aromatic N) is 4. The fourth-order valence-electron chi connectivity index (χ4n) is 5.82. The minimum atomic E-state index is 0.308. The lowest BCUT2D eigenvalue weighted by Gasteiger charge is -2.35. The summed E-state index contributed by atoms with van der Waals surface area (Å²) in [5.74, 6) is 0.753. The number of carbonyl (C=O) groups excluding carboxylic acids is 1. The fraction of sp³-hybridized carbons (Fsp3) is 0.483. The van der Waals surface area contributed by atoms with E-state index >= 15 is 0 Å². The number of aryl methyl sites for hydroxylation is 3. The zero-order chi connectivity index (χ0) is 23.7. The molecule has 1 amide bonds. The Morgan fingerprint density at radius 3 is 2.74 bits per heavy atom. The normalized spacial score (nSPS) is 21.0. The Hall–Kier alpha value is -2.79. The molecule has 1 aromatic heterocycles. The van der Waals surface area contributed by atoms with Gasteiger partial charge in [-0.25, -0.2) is 0 Å². The van der Waals surface area contributed by atoms with Gasteiger partial charge in [0, 0.05) is 50.1 Å². The van der Waals surface area contributed by atoms with Crippen molar-refractivity contribution in [2.75, 3.05) is 32.7 Å². The first kappa shape index (κ1) is 23.0. The summed E-state index contributed by atoms with van der Waals surface area (Å²) in [6.07, 6.45) is 5.79. The highest BCUT2D eigenvalue weighted by molar-refractivity contribution is 6.15. The van der Waals surface area contributed by atoms with Gasteiger partial charge in [0.15, 0.2) is 0 Å². The molecular weight excluding hydrogens is 420 g/mol. The van der Waals surface area contributed by atoms with Crippen molar-refractivity contribution in [2.45, 2.75) is 53.0 Å². The quantitative estimate of drug-likeness (QED) is 0.659. The van der Waals surface area contributed by atoms with Crippen molar-refractivity contribution in [1.29, 1.82) is 0 Å². The van der Waals surface area contributed by atoms with Crippen LogP contribution in [0.5, 0.6) is 0 Å². The number of rotatable bonds is 5. The molecule has 0 spiro atoms. The lowest BCUT2D eigenvalue weighted by Crippen LogP contribution is -2.41. The van der Waals surface area contributed by atoms with Crippen molar-refractivity contribution < 1.29 is 4.79 Å². The molecule has 1 unspecified atom stereocenters. The molecule has 5 nitrogen and oxygen atoms in total. The van der Waals surface area contributed by atoms with Gasteiger partial charge in [0.05, 0.1) is 12.3 Å². The molecule has 34 heavy (non-hydrogen) atoms. The van der Waals surface area contributed by atoms with E-state index in [4.69, 9.17) is 4.99 Å². The Labute approximate surface area is 203 Å². The van der Waals surface area contributed by atoms with E-state index in [2.05, 4.69) is 52.9 Å². The molecule has 3 aliphatic rings. The summed E-state index contributed by atoms with van der Waals surface area (Å²) in [7, 11) is 0. The van der Waals surface area contributed by atoms with Crippen molar-refractivity contribution >= 4 is 11.6 Å². The highest BCUT2D eigenvalue weighted by atomic mass is 16.2. The first-order valence-electron chi connectivity index (χ1n) is 12.7. The summed E-state index contributed by atoms with van der Waals surface area (Å²) in [5.41, 5.74) is 10.1. The van der Waals surface area contributed by atoms with Gasteiger partial charge in [-0.3, -0.25) is 19.7 Å². The van der Waals surface area contributed by atoms with Gasteiger partial charge in [-0.15, -0.1) is 0 Å². The second kappa shape index (κ2) is 9.83. The molecule has 1 saturated heterocycles. The van der Waals surface area contributed by atoms with Crippen molar-refractivity contribution in [1.82, 2.24) is 14.8 Å². The summed E-state index contributed by atoms with van der Waals surface area (Å²) in [6.45, 7) is 11.9. The largest absolute Gasteiger partial charge is 0.338 e. The van der Waals surface area contributed by atoms with E-state index in [1.807, 2.05) is 19.2 Å². The molecule has 3 aliphatic heterocycles. The number of aliphatic imine (C=N–C) groups is 1. The van der Waals surface area contributed by atoms with E-state index in [9.17, 15) is 4.79 Å². The fourth-order valence-corrected chi connectivity index (χ4v) is 5.82. The molecule has 1 fully saturated rings. The Bertz CT molecular complexity index is 1130. The number of likely N-dealkylation sites (tertiary alicyclic amines) is 1. The molecule has 0 saturated carbocycles. The maximum absolute atomic E-state index is 13.4. The molecule has 0 aliphatic carbocycles. The Morgan fingerprint density at radius 2 is 1.94 bits per heavy atom. The predicted molar refractivity (Wildman–Crippen MR) is 137 cm³/mol. The van der Waals surface area contributed by atoms with Crippen molar-refractivity contribution in [3.8, 4) is 0 Å². The topological polar surface area (TPSA) is 48.8 Å². The SMILES string of the molecule is Cc1cc(C2=NCC3=C2CN(C(=O)CC2CCCN(Cc4c(C)cccc4C)C2)CC3)ccn1. The Balaban J connectivity index is 1.21. The van der Waals surface area contributed by atoms with Crippen LogP contribution in [-0.4, -0.2) is 59.1 Å². The van der Waals surface area contributed by atoms with Gasteiger partial charge in [0.1, 0.15) is 0 Å². The summed E-state index contributed by atoms with van der Waals surface area (Å²) in [5, 5.41) is 0. The van der Waals surface area contributed by atoms with Crippen LogP contribution < -0.4 is 0 Å². The van der Waals surface area contributed by atoms with Gasteiger partial charge in [0.2, 0.25) is 5.91 Å². The number of pyridine rings is 1. The molecule has 0 N–H and O–H groups in total. The highest BCUT2D eigenvalue weighted by Gasteiger charge is 2.31. The molecule has 4 heterocycles. The summed E-state index contributed by atoms with van der Waals surface area (Å²) in [4.78, 5) is 27.2. The van der Waals surface area contributed by atoms with Crippen LogP contribution in [0.15, 0.2) is 52.7 Å². The van der Waals surface area contributed by atoms with Crippen LogP contribution in [0.3, 0.4) is 0 Å². The molecule has 0 radical (unpaired) electrons. The molecule has 1 atom stereocenters. The average molecular weight is 457 g/mol. The van der Waals surface area contributed by atoms with Crippen LogP contribution in [0.2, 0.25) is 0 Å². The Kier molecular flexibility index (Phi) is 6.64. The monoisotopic (exact) mass is 456 g/mol. The van der Waals surface area contributed by atoms with Crippen molar-refractivity contribution in [3.05, 3.63) is 75.6 Å². The molecule has 2 aromatic rings. The third kappa shape index (κ3) is 4.85. The van der Waals surface area contributed by atoms with Gasteiger partial charge in [-0.05, 0) is 92.5 Å². The number of carbonyl (C=O) groups is 1. The standard InChI is InChI=1S/C29H36N4O/c1-20-6-4-7-21(2)26(20)18-32-12-5-8-23(17-32)15-28(34)33-13-10-25-16-31-29(27(25)19-33)24-9-11-30-22(3)14-24/h4,6-7,9,11,14,23H,5,8,10,12-13,15-19H2,1-3H3. The van der Waals surface area contributed by atoms with Crippen LogP contribution in [0.25, 0.3) is 0 Å². The van der Waals surface area contributed by atoms with Crippen LogP contribution >= 0.6 is 0 Å². The van der Waals surface area contributed by atoms with E-state index in [1.165, 1.54) is 34.3 Å². The Morgan fingerprint density at radius 1 is 1.12 bits per heavy atom. The number of hydrogen-bond acceptors (Lipinski definition) is 4. The predicted octanol–water partition coefficient (Wildman–Crippen LogP) is 4.64. The van der Waals surface area contributed by atoms with Crippen LogP contribution in [-0.2, 0) is 11.3 Å². The van der Waals surface area contributed by atoms with Gasteiger partial charge >= 0.3 is 0 Å². The zero-order valence-corrected chi connectivity index (χ0v) is 20.8. The number of hydrogen-bond donors (Lipinski definition) is 0. The number of benzene rings is 1. The molecule has 5 heteroatoms. The van der Waals surface area contributed by atoms with Crippen molar-refractivity contribution in [2.24, 2.45) is 10.9 Å². The van der Waals surface area contributed by atoms with Gasteiger partial charge in [-0.1, -0.05) is 18.2 Å². The molecule has 5 rings (SSSR count). The van der Waals surface area contributed by atoms with Gasteiger partial charge < -0.3 is 4.90 Å². The molecule has 1 aromatic carbocycles. The average Bonchev–Trinajstić information content (AvgIpc) is 3.25.